The van der Waals surface area contributed by atoms with Crippen molar-refractivity contribution in [3.8, 4) is 5.88 Å². The minimum atomic E-state index is -0.182. The molecule has 1 aromatic heterocycles. The normalized spacial score (nSPS) is 11.4. The number of nitrogens with zero attached hydrogens (tertiary/aromatic N) is 3. The first-order valence-electron chi connectivity index (χ1n) is 5.24. The van der Waals surface area contributed by atoms with Gasteiger partial charge in [-0.25, -0.2) is 4.98 Å². The SMILES string of the molecule is COc1cc(C)nc(N(C)C(C)(C)CN)n1. The Labute approximate surface area is 96.6 Å². The number of hydrogen-bond donors (Lipinski definition) is 1. The Morgan fingerprint density at radius 1 is 1.44 bits per heavy atom. The molecule has 16 heavy (non-hydrogen) atoms. The summed E-state index contributed by atoms with van der Waals surface area (Å²) in [5, 5.41) is 0. The largest absolute Gasteiger partial charge is 0.481 e. The van der Waals surface area contributed by atoms with Crippen LogP contribution >= 0.6 is 0 Å². The molecule has 0 aliphatic heterocycles. The van der Waals surface area contributed by atoms with Crippen molar-refractivity contribution in [3.05, 3.63) is 11.8 Å². The van der Waals surface area contributed by atoms with Crippen LogP contribution < -0.4 is 15.4 Å². The molecule has 2 N–H and O–H groups in total. The van der Waals surface area contributed by atoms with E-state index in [0.717, 1.165) is 5.69 Å². The van der Waals surface area contributed by atoms with Gasteiger partial charge >= 0.3 is 0 Å². The van der Waals surface area contributed by atoms with E-state index in [1.807, 2.05) is 32.7 Å². The van der Waals surface area contributed by atoms with Crippen LogP contribution in [0, 0.1) is 6.92 Å². The zero-order chi connectivity index (χ0) is 12.3. The third-order valence-electron chi connectivity index (χ3n) is 2.74. The number of likely N-dealkylation sites (N-methyl/N-ethyl adjacent to an activating group) is 1. The highest BCUT2D eigenvalue weighted by atomic mass is 16.5. The lowest BCUT2D eigenvalue weighted by molar-refractivity contribution is 0.394. The molecule has 0 spiro atoms. The summed E-state index contributed by atoms with van der Waals surface area (Å²) >= 11 is 0. The molecule has 0 atom stereocenters. The second-order valence-corrected chi connectivity index (χ2v) is 4.43. The quantitative estimate of drug-likeness (QED) is 0.825. The fourth-order valence-electron chi connectivity index (χ4n) is 1.19. The van der Waals surface area contributed by atoms with Crippen molar-refractivity contribution in [2.75, 3.05) is 25.6 Å². The molecule has 0 bridgehead atoms. The third-order valence-corrected chi connectivity index (χ3v) is 2.74. The summed E-state index contributed by atoms with van der Waals surface area (Å²) in [6, 6.07) is 1.80. The summed E-state index contributed by atoms with van der Waals surface area (Å²) in [7, 11) is 3.53. The zero-order valence-corrected chi connectivity index (χ0v) is 10.6. The second kappa shape index (κ2) is 4.65. The molecule has 0 aliphatic carbocycles. The molecule has 5 nitrogen and oxygen atoms in total. The van der Waals surface area contributed by atoms with E-state index in [9.17, 15) is 0 Å². The highest BCUT2D eigenvalue weighted by Gasteiger charge is 2.24. The van der Waals surface area contributed by atoms with Crippen LogP contribution in [0.2, 0.25) is 0 Å². The van der Waals surface area contributed by atoms with Gasteiger partial charge in [0.15, 0.2) is 0 Å². The van der Waals surface area contributed by atoms with E-state index in [0.29, 0.717) is 18.4 Å². The Morgan fingerprint density at radius 2 is 2.06 bits per heavy atom. The van der Waals surface area contributed by atoms with Crippen molar-refractivity contribution in [1.29, 1.82) is 0 Å². The molecule has 1 aromatic rings. The minimum Gasteiger partial charge on any atom is -0.481 e. The van der Waals surface area contributed by atoms with E-state index in [2.05, 4.69) is 9.97 Å². The number of aromatic nitrogens is 2. The van der Waals surface area contributed by atoms with Crippen LogP contribution in [0.15, 0.2) is 6.07 Å². The van der Waals surface area contributed by atoms with E-state index in [1.165, 1.54) is 0 Å². The fourth-order valence-corrected chi connectivity index (χ4v) is 1.19. The number of nitrogens with two attached hydrogens (primary N) is 1. The van der Waals surface area contributed by atoms with Gasteiger partial charge < -0.3 is 15.4 Å². The van der Waals surface area contributed by atoms with E-state index >= 15 is 0 Å². The molecule has 1 heterocycles. The number of anilines is 1. The Balaban J connectivity index is 3.08. The molecule has 1 rings (SSSR count). The molecule has 0 amide bonds. The molecule has 0 saturated carbocycles. The van der Waals surface area contributed by atoms with Crippen LogP contribution in [0.1, 0.15) is 19.5 Å². The smallest absolute Gasteiger partial charge is 0.229 e. The summed E-state index contributed by atoms with van der Waals surface area (Å²) in [5.74, 6) is 1.20. The predicted molar refractivity (Wildman–Crippen MR) is 64.9 cm³/mol. The first-order chi connectivity index (χ1) is 7.40. The highest BCUT2D eigenvalue weighted by Crippen LogP contribution is 2.20. The number of ether oxygens (including phenoxy) is 1. The fraction of sp³-hybridized carbons (Fsp3) is 0.636. The standard InChI is InChI=1S/C11H20N4O/c1-8-6-9(16-5)14-10(13-8)15(4)11(2,3)7-12/h6H,7,12H2,1-5H3. The monoisotopic (exact) mass is 224 g/mol. The maximum absolute atomic E-state index is 5.72. The van der Waals surface area contributed by atoms with Crippen molar-refractivity contribution in [2.45, 2.75) is 26.3 Å². The van der Waals surface area contributed by atoms with Crippen molar-refractivity contribution < 1.29 is 4.74 Å². The molecule has 0 aromatic carbocycles. The number of aryl methyl sites for hydroxylation is 1. The minimum absolute atomic E-state index is 0.182. The van der Waals surface area contributed by atoms with Crippen LogP contribution in [-0.2, 0) is 0 Å². The van der Waals surface area contributed by atoms with E-state index in [4.69, 9.17) is 10.5 Å². The maximum Gasteiger partial charge on any atom is 0.229 e. The first-order valence-corrected chi connectivity index (χ1v) is 5.24. The topological polar surface area (TPSA) is 64.3 Å². The van der Waals surface area contributed by atoms with Gasteiger partial charge in [0.05, 0.1) is 7.11 Å². The lowest BCUT2D eigenvalue weighted by atomic mass is 10.1. The van der Waals surface area contributed by atoms with E-state index < -0.39 is 0 Å². The molecule has 0 unspecified atom stereocenters. The zero-order valence-electron chi connectivity index (χ0n) is 10.6. The van der Waals surface area contributed by atoms with Gasteiger partial charge in [-0.3, -0.25) is 0 Å². The molecule has 5 heteroatoms. The third kappa shape index (κ3) is 2.61. The predicted octanol–water partition coefficient (Wildman–Crippen LogP) is 0.967. The molecule has 0 aliphatic rings. The number of methoxy groups -OCH3 is 1. The van der Waals surface area contributed by atoms with Gasteiger partial charge in [0.1, 0.15) is 0 Å². The Kier molecular flexibility index (Phi) is 3.70. The van der Waals surface area contributed by atoms with Crippen molar-refractivity contribution in [1.82, 2.24) is 9.97 Å². The summed E-state index contributed by atoms with van der Waals surface area (Å²) < 4.78 is 5.12. The second-order valence-electron chi connectivity index (χ2n) is 4.43. The molecular weight excluding hydrogens is 204 g/mol. The highest BCUT2D eigenvalue weighted by molar-refractivity contribution is 5.36. The maximum atomic E-state index is 5.72. The van der Waals surface area contributed by atoms with Gasteiger partial charge in [-0.1, -0.05) is 0 Å². The summed E-state index contributed by atoms with van der Waals surface area (Å²) in [5.41, 5.74) is 6.42. The van der Waals surface area contributed by atoms with Crippen LogP contribution in [0.5, 0.6) is 5.88 Å². The summed E-state index contributed by atoms with van der Waals surface area (Å²) in [6.07, 6.45) is 0. The van der Waals surface area contributed by atoms with Crippen molar-refractivity contribution in [3.63, 3.8) is 0 Å². The molecule has 90 valence electrons. The van der Waals surface area contributed by atoms with Gasteiger partial charge in [-0.15, -0.1) is 0 Å². The molecule has 0 fully saturated rings. The van der Waals surface area contributed by atoms with Crippen molar-refractivity contribution >= 4 is 5.95 Å². The Hall–Kier alpha value is -1.36. The van der Waals surface area contributed by atoms with Gasteiger partial charge in [0.2, 0.25) is 11.8 Å². The number of hydrogen-bond acceptors (Lipinski definition) is 5. The van der Waals surface area contributed by atoms with Gasteiger partial charge in [-0.05, 0) is 20.8 Å². The van der Waals surface area contributed by atoms with Crippen LogP contribution in [0.3, 0.4) is 0 Å². The van der Waals surface area contributed by atoms with Crippen LogP contribution in [-0.4, -0.2) is 36.2 Å². The van der Waals surface area contributed by atoms with E-state index in [1.54, 1.807) is 13.2 Å². The van der Waals surface area contributed by atoms with Gasteiger partial charge in [0, 0.05) is 30.9 Å². The number of rotatable bonds is 4. The molecule has 0 radical (unpaired) electrons. The Morgan fingerprint density at radius 3 is 2.56 bits per heavy atom. The molecule has 0 saturated heterocycles. The van der Waals surface area contributed by atoms with Gasteiger partial charge in [0.25, 0.3) is 0 Å². The van der Waals surface area contributed by atoms with Crippen LogP contribution in [0.25, 0.3) is 0 Å². The van der Waals surface area contributed by atoms with Crippen molar-refractivity contribution in [2.24, 2.45) is 5.73 Å². The summed E-state index contributed by atoms with van der Waals surface area (Å²) in [6.45, 7) is 6.54. The van der Waals surface area contributed by atoms with E-state index in [-0.39, 0.29) is 5.54 Å². The lowest BCUT2D eigenvalue weighted by Gasteiger charge is -2.34. The Bertz CT molecular complexity index is 365. The van der Waals surface area contributed by atoms with Gasteiger partial charge in [-0.2, -0.15) is 4.98 Å². The van der Waals surface area contributed by atoms with Crippen LogP contribution in [0.4, 0.5) is 5.95 Å². The molecular formula is C11H20N4O. The summed E-state index contributed by atoms with van der Waals surface area (Å²) in [4.78, 5) is 10.6. The average molecular weight is 224 g/mol. The first kappa shape index (κ1) is 12.7. The average Bonchev–Trinajstić information content (AvgIpc) is 2.27. The lowest BCUT2D eigenvalue weighted by Crippen LogP contribution is -2.48.